The molecular weight excluding hydrogens is 425 g/mol. The number of benzene rings is 3. The van der Waals surface area contributed by atoms with E-state index in [4.69, 9.17) is 11.6 Å². The van der Waals surface area contributed by atoms with Crippen molar-refractivity contribution in [3.63, 3.8) is 0 Å². The van der Waals surface area contributed by atoms with Crippen LogP contribution in [0.3, 0.4) is 0 Å². The largest absolute Gasteiger partial charge is 0.308 e. The third kappa shape index (κ3) is 3.22. The van der Waals surface area contributed by atoms with Gasteiger partial charge in [-0.3, -0.25) is 0 Å². The van der Waals surface area contributed by atoms with Crippen LogP contribution in [0.2, 0.25) is 5.02 Å². The first kappa shape index (κ1) is 15.6. The minimum absolute atomic E-state index is 0.704. The van der Waals surface area contributed by atoms with Crippen LogP contribution < -0.4 is 4.90 Å². The normalized spacial score (nSPS) is 10.5. The minimum Gasteiger partial charge on any atom is -0.308 e. The predicted octanol–water partition coefficient (Wildman–Crippen LogP) is 7.33. The van der Waals surface area contributed by atoms with Crippen LogP contribution in [0.15, 0.2) is 81.7 Å². The highest BCUT2D eigenvalue weighted by atomic mass is 79.9. The Bertz CT molecular complexity index is 790. The molecule has 0 N–H and O–H groups in total. The van der Waals surface area contributed by atoms with Crippen molar-refractivity contribution in [1.82, 2.24) is 0 Å². The summed E-state index contributed by atoms with van der Waals surface area (Å²) in [4.78, 5) is 2.19. The van der Waals surface area contributed by atoms with Crippen molar-refractivity contribution in [1.29, 1.82) is 0 Å². The van der Waals surface area contributed by atoms with E-state index in [-0.39, 0.29) is 0 Å². The number of halogens is 3. The molecule has 3 aromatic carbocycles. The maximum atomic E-state index is 6.09. The zero-order chi connectivity index (χ0) is 15.5. The van der Waals surface area contributed by atoms with Gasteiger partial charge in [-0.2, -0.15) is 0 Å². The number of hydrogen-bond acceptors (Lipinski definition) is 1. The van der Waals surface area contributed by atoms with Gasteiger partial charge in [0.1, 0.15) is 0 Å². The molecule has 0 heterocycles. The van der Waals surface area contributed by atoms with E-state index in [2.05, 4.69) is 55.0 Å². The van der Waals surface area contributed by atoms with Crippen LogP contribution in [-0.2, 0) is 0 Å². The predicted molar refractivity (Wildman–Crippen MR) is 102 cm³/mol. The lowest BCUT2D eigenvalue weighted by Gasteiger charge is -2.27. The van der Waals surface area contributed by atoms with E-state index in [9.17, 15) is 0 Å². The first-order valence-corrected chi connectivity index (χ1v) is 8.68. The molecule has 0 atom stereocenters. The molecule has 0 aliphatic heterocycles. The van der Waals surface area contributed by atoms with Crippen LogP contribution in [0.4, 0.5) is 17.1 Å². The van der Waals surface area contributed by atoms with Crippen molar-refractivity contribution in [3.8, 4) is 0 Å². The van der Waals surface area contributed by atoms with Crippen molar-refractivity contribution in [2.75, 3.05) is 4.90 Å². The summed E-state index contributed by atoms with van der Waals surface area (Å²) in [6.45, 7) is 0. The van der Waals surface area contributed by atoms with Crippen LogP contribution in [0.5, 0.6) is 0 Å². The van der Waals surface area contributed by atoms with Gasteiger partial charge < -0.3 is 4.90 Å². The zero-order valence-electron chi connectivity index (χ0n) is 11.5. The Morgan fingerprint density at radius 3 is 2.00 bits per heavy atom. The molecule has 0 saturated heterocycles. The Morgan fingerprint density at radius 1 is 0.682 bits per heavy atom. The smallest absolute Gasteiger partial charge is 0.0605 e. The summed E-state index contributed by atoms with van der Waals surface area (Å²) in [6.07, 6.45) is 0. The minimum atomic E-state index is 0.704. The average Bonchev–Trinajstić information content (AvgIpc) is 2.52. The van der Waals surface area contributed by atoms with Gasteiger partial charge in [0, 0.05) is 19.7 Å². The third-order valence-electron chi connectivity index (χ3n) is 3.26. The van der Waals surface area contributed by atoms with Gasteiger partial charge in [0.15, 0.2) is 0 Å². The standard InChI is InChI=1S/C18H12Br2ClN/c19-15-8-4-5-9-17(15)22(14-6-2-1-3-7-14)18-11-10-13(21)12-16(18)20/h1-12H. The van der Waals surface area contributed by atoms with Crippen LogP contribution in [-0.4, -0.2) is 0 Å². The number of rotatable bonds is 3. The van der Waals surface area contributed by atoms with Crippen molar-refractivity contribution in [2.45, 2.75) is 0 Å². The van der Waals surface area contributed by atoms with E-state index in [1.54, 1.807) is 0 Å². The summed E-state index contributed by atoms with van der Waals surface area (Å²) >= 11 is 13.4. The lowest BCUT2D eigenvalue weighted by molar-refractivity contribution is 1.26. The second-order valence-electron chi connectivity index (χ2n) is 4.72. The molecule has 0 saturated carbocycles. The molecule has 0 aromatic heterocycles. The maximum Gasteiger partial charge on any atom is 0.0605 e. The molecule has 0 amide bonds. The second-order valence-corrected chi connectivity index (χ2v) is 6.86. The summed E-state index contributed by atoms with van der Waals surface area (Å²) in [5.74, 6) is 0. The van der Waals surface area contributed by atoms with Crippen molar-refractivity contribution >= 4 is 60.5 Å². The molecule has 0 aliphatic rings. The average molecular weight is 438 g/mol. The van der Waals surface area contributed by atoms with Gasteiger partial charge in [0.05, 0.1) is 11.4 Å². The summed E-state index contributed by atoms with van der Waals surface area (Å²) in [5, 5.41) is 0.704. The van der Waals surface area contributed by atoms with E-state index >= 15 is 0 Å². The van der Waals surface area contributed by atoms with Crippen molar-refractivity contribution < 1.29 is 0 Å². The maximum absolute atomic E-state index is 6.09. The first-order valence-electron chi connectivity index (χ1n) is 6.71. The van der Waals surface area contributed by atoms with Gasteiger partial charge in [0.2, 0.25) is 0 Å². The topological polar surface area (TPSA) is 3.24 Å². The van der Waals surface area contributed by atoms with Crippen LogP contribution in [0.25, 0.3) is 0 Å². The summed E-state index contributed by atoms with van der Waals surface area (Å²) < 4.78 is 1.97. The van der Waals surface area contributed by atoms with Crippen LogP contribution in [0.1, 0.15) is 0 Å². The van der Waals surface area contributed by atoms with Gasteiger partial charge in [-0.1, -0.05) is 41.9 Å². The Labute approximate surface area is 151 Å². The Kier molecular flexibility index (Phi) is 4.87. The molecule has 0 unspecified atom stereocenters. The molecule has 0 fully saturated rings. The molecule has 0 bridgehead atoms. The van der Waals surface area contributed by atoms with Crippen molar-refractivity contribution in [2.24, 2.45) is 0 Å². The molecule has 3 aromatic rings. The number of para-hydroxylation sites is 2. The molecule has 0 radical (unpaired) electrons. The van der Waals surface area contributed by atoms with E-state index < -0.39 is 0 Å². The van der Waals surface area contributed by atoms with Crippen LogP contribution >= 0.6 is 43.5 Å². The van der Waals surface area contributed by atoms with E-state index in [0.717, 1.165) is 26.0 Å². The van der Waals surface area contributed by atoms with E-state index in [1.165, 1.54) is 0 Å². The Morgan fingerprint density at radius 2 is 1.32 bits per heavy atom. The fraction of sp³-hybridized carbons (Fsp3) is 0. The quantitative estimate of drug-likeness (QED) is 0.414. The van der Waals surface area contributed by atoms with Gasteiger partial charge >= 0.3 is 0 Å². The van der Waals surface area contributed by atoms with Gasteiger partial charge in [-0.15, -0.1) is 0 Å². The van der Waals surface area contributed by atoms with Gasteiger partial charge in [0.25, 0.3) is 0 Å². The second kappa shape index (κ2) is 6.86. The highest BCUT2D eigenvalue weighted by Crippen LogP contribution is 2.42. The number of nitrogens with zero attached hydrogens (tertiary/aromatic N) is 1. The van der Waals surface area contributed by atoms with Crippen LogP contribution in [0, 0.1) is 0 Å². The molecule has 1 nitrogen and oxygen atoms in total. The summed E-state index contributed by atoms with van der Waals surface area (Å²) in [6, 6.07) is 24.2. The molecule has 0 aliphatic carbocycles. The SMILES string of the molecule is Clc1ccc(N(c2ccccc2)c2ccccc2Br)c(Br)c1. The highest BCUT2D eigenvalue weighted by molar-refractivity contribution is 9.11. The zero-order valence-corrected chi connectivity index (χ0v) is 15.4. The fourth-order valence-electron chi connectivity index (χ4n) is 2.28. The lowest BCUT2D eigenvalue weighted by atomic mass is 10.2. The third-order valence-corrected chi connectivity index (χ3v) is 4.80. The Hall–Kier alpha value is -1.29. The molecule has 0 spiro atoms. The molecule has 3 rings (SSSR count). The molecule has 4 heteroatoms. The molecule has 22 heavy (non-hydrogen) atoms. The highest BCUT2D eigenvalue weighted by Gasteiger charge is 2.17. The molecular formula is C18H12Br2ClN. The number of anilines is 3. The lowest BCUT2D eigenvalue weighted by Crippen LogP contribution is -2.11. The van der Waals surface area contributed by atoms with Crippen molar-refractivity contribution in [3.05, 3.63) is 86.8 Å². The first-order chi connectivity index (χ1) is 10.7. The summed E-state index contributed by atoms with van der Waals surface area (Å²) in [7, 11) is 0. The monoisotopic (exact) mass is 435 g/mol. The number of hydrogen-bond donors (Lipinski definition) is 0. The van der Waals surface area contributed by atoms with Gasteiger partial charge in [-0.25, -0.2) is 0 Å². The molecule has 110 valence electrons. The van der Waals surface area contributed by atoms with E-state index in [1.807, 2.05) is 54.6 Å². The Balaban J connectivity index is 2.22. The summed E-state index contributed by atoms with van der Waals surface area (Å²) in [5.41, 5.74) is 3.18. The van der Waals surface area contributed by atoms with Gasteiger partial charge in [-0.05, 0) is 74.3 Å². The fourth-order valence-corrected chi connectivity index (χ4v) is 3.60. The van der Waals surface area contributed by atoms with E-state index in [0.29, 0.717) is 5.02 Å².